The second kappa shape index (κ2) is 36.7. The van der Waals surface area contributed by atoms with Crippen LogP contribution in [0.5, 0.6) is 0 Å². The van der Waals surface area contributed by atoms with Crippen molar-refractivity contribution in [1.82, 2.24) is 0 Å². The number of hydrogen-bond donors (Lipinski definition) is 0. The molecule has 0 saturated heterocycles. The van der Waals surface area contributed by atoms with Gasteiger partial charge in [0.15, 0.2) is 0 Å². The van der Waals surface area contributed by atoms with E-state index >= 15 is 0 Å². The first-order valence-corrected chi connectivity index (χ1v) is 16.0. The van der Waals surface area contributed by atoms with Gasteiger partial charge in [-0.3, -0.25) is 0 Å². The van der Waals surface area contributed by atoms with Gasteiger partial charge in [0.05, 0.1) is 79.3 Å². The topological polar surface area (TPSA) is 64.6 Å². The van der Waals surface area contributed by atoms with Gasteiger partial charge in [-0.05, 0) is 12.8 Å². The fraction of sp³-hybridized carbons (Fsp3) is 1.00. The first-order chi connectivity index (χ1) is 18.9. The minimum Gasteiger partial charge on any atom is -0.379 e. The molecule has 0 amide bonds. The zero-order valence-corrected chi connectivity index (χ0v) is 25.4. The van der Waals surface area contributed by atoms with E-state index in [9.17, 15) is 0 Å². The van der Waals surface area contributed by atoms with E-state index in [4.69, 9.17) is 33.2 Å². The average molecular weight is 549 g/mol. The minimum absolute atomic E-state index is 0.567. The molecule has 0 aromatic carbocycles. The van der Waals surface area contributed by atoms with Gasteiger partial charge < -0.3 is 33.2 Å². The standard InChI is InChI=1S/C31H64O7/c1-3-5-7-9-10-11-12-13-15-17-19-33-21-23-35-25-27-37-29-31-38-30-28-36-26-24-34-22-20-32-18-16-14-8-6-4-2/h3-31H2,1-2H3. The van der Waals surface area contributed by atoms with E-state index in [-0.39, 0.29) is 0 Å². The Kier molecular flexibility index (Phi) is 36.4. The van der Waals surface area contributed by atoms with Crippen molar-refractivity contribution >= 4 is 0 Å². The van der Waals surface area contributed by atoms with Crippen molar-refractivity contribution in [3.05, 3.63) is 0 Å². The fourth-order valence-corrected chi connectivity index (χ4v) is 3.92. The largest absolute Gasteiger partial charge is 0.379 e. The fourth-order valence-electron chi connectivity index (χ4n) is 3.92. The Hall–Kier alpha value is -0.280. The molecule has 7 heteroatoms. The molecule has 0 aliphatic rings. The van der Waals surface area contributed by atoms with E-state index < -0.39 is 0 Å². The lowest BCUT2D eigenvalue weighted by molar-refractivity contribution is -0.0206. The zero-order valence-electron chi connectivity index (χ0n) is 25.4. The van der Waals surface area contributed by atoms with Crippen molar-refractivity contribution in [2.75, 3.05) is 92.5 Å². The van der Waals surface area contributed by atoms with Gasteiger partial charge in [-0.15, -0.1) is 0 Å². The van der Waals surface area contributed by atoms with Crippen LogP contribution in [0.4, 0.5) is 0 Å². The Morgan fingerprint density at radius 2 is 0.395 bits per heavy atom. The molecule has 7 nitrogen and oxygen atoms in total. The Balaban J connectivity index is 3.01. The van der Waals surface area contributed by atoms with Crippen molar-refractivity contribution in [1.29, 1.82) is 0 Å². The maximum absolute atomic E-state index is 5.64. The smallest absolute Gasteiger partial charge is 0.0701 e. The SMILES string of the molecule is CCCCCCCCCCCCOCCOCCOCCOCCOCCOCCOCCCCCCC. The summed E-state index contributed by atoms with van der Waals surface area (Å²) in [6, 6.07) is 0. The summed E-state index contributed by atoms with van der Waals surface area (Å²) in [6.07, 6.45) is 19.9. The Labute approximate surface area is 235 Å². The molecule has 0 rings (SSSR count). The number of unbranched alkanes of at least 4 members (excludes halogenated alkanes) is 13. The Bertz CT molecular complexity index is 362. The third kappa shape index (κ3) is 35.7. The van der Waals surface area contributed by atoms with Crippen LogP contribution in [-0.4, -0.2) is 92.5 Å². The predicted octanol–water partition coefficient (Wildman–Crippen LogP) is 6.99. The van der Waals surface area contributed by atoms with Gasteiger partial charge in [0.1, 0.15) is 0 Å². The van der Waals surface area contributed by atoms with Gasteiger partial charge in [-0.1, -0.05) is 97.3 Å². The summed E-state index contributed by atoms with van der Waals surface area (Å²) in [7, 11) is 0. The second-order valence-electron chi connectivity index (χ2n) is 9.88. The monoisotopic (exact) mass is 548 g/mol. The summed E-state index contributed by atoms with van der Waals surface area (Å²) in [5.41, 5.74) is 0. The molecule has 38 heavy (non-hydrogen) atoms. The van der Waals surface area contributed by atoms with Crippen molar-refractivity contribution in [2.45, 2.75) is 110 Å². The molecule has 0 aliphatic heterocycles. The van der Waals surface area contributed by atoms with Crippen LogP contribution < -0.4 is 0 Å². The van der Waals surface area contributed by atoms with Crippen LogP contribution >= 0.6 is 0 Å². The number of ether oxygens (including phenoxy) is 7. The molecule has 0 radical (unpaired) electrons. The van der Waals surface area contributed by atoms with Crippen LogP contribution in [0.2, 0.25) is 0 Å². The molecule has 0 bridgehead atoms. The Morgan fingerprint density at radius 3 is 0.632 bits per heavy atom. The van der Waals surface area contributed by atoms with Crippen LogP contribution in [0.3, 0.4) is 0 Å². The van der Waals surface area contributed by atoms with E-state index in [0.29, 0.717) is 79.3 Å². The quantitative estimate of drug-likeness (QED) is 0.0791. The first kappa shape index (κ1) is 37.7. The molecule has 0 aliphatic carbocycles. The molecule has 0 N–H and O–H groups in total. The highest BCUT2D eigenvalue weighted by Crippen LogP contribution is 2.10. The van der Waals surface area contributed by atoms with Crippen molar-refractivity contribution < 1.29 is 33.2 Å². The molecule has 0 aromatic heterocycles. The summed E-state index contributed by atoms with van der Waals surface area (Å²) in [6.45, 7) is 13.4. The summed E-state index contributed by atoms with van der Waals surface area (Å²) < 4.78 is 38.8. The van der Waals surface area contributed by atoms with E-state index in [1.54, 1.807) is 0 Å². The van der Waals surface area contributed by atoms with Gasteiger partial charge in [0, 0.05) is 13.2 Å². The zero-order chi connectivity index (χ0) is 27.5. The van der Waals surface area contributed by atoms with Crippen LogP contribution in [0.1, 0.15) is 110 Å². The van der Waals surface area contributed by atoms with Crippen molar-refractivity contribution in [2.24, 2.45) is 0 Å². The van der Waals surface area contributed by atoms with Crippen molar-refractivity contribution in [3.63, 3.8) is 0 Å². The summed E-state index contributed by atoms with van der Waals surface area (Å²) in [5.74, 6) is 0. The van der Waals surface area contributed by atoms with E-state index in [1.165, 1.54) is 83.5 Å². The summed E-state index contributed by atoms with van der Waals surface area (Å²) >= 11 is 0. The first-order valence-electron chi connectivity index (χ1n) is 16.0. The molecular formula is C31H64O7. The van der Waals surface area contributed by atoms with Crippen LogP contribution in [0, 0.1) is 0 Å². The number of rotatable bonds is 35. The lowest BCUT2D eigenvalue weighted by Crippen LogP contribution is -2.14. The van der Waals surface area contributed by atoms with Crippen molar-refractivity contribution in [3.8, 4) is 0 Å². The van der Waals surface area contributed by atoms with Crippen LogP contribution in [0.15, 0.2) is 0 Å². The van der Waals surface area contributed by atoms with Crippen LogP contribution in [-0.2, 0) is 33.2 Å². The van der Waals surface area contributed by atoms with Gasteiger partial charge in [-0.2, -0.15) is 0 Å². The molecule has 0 saturated carbocycles. The van der Waals surface area contributed by atoms with Gasteiger partial charge in [0.25, 0.3) is 0 Å². The molecule has 0 heterocycles. The minimum atomic E-state index is 0.567. The third-order valence-electron chi connectivity index (χ3n) is 6.27. The average Bonchev–Trinajstić information content (AvgIpc) is 2.93. The molecular weight excluding hydrogens is 484 g/mol. The van der Waals surface area contributed by atoms with Gasteiger partial charge in [0.2, 0.25) is 0 Å². The highest BCUT2D eigenvalue weighted by Gasteiger charge is 1.96. The van der Waals surface area contributed by atoms with E-state index in [1.807, 2.05) is 0 Å². The lowest BCUT2D eigenvalue weighted by Gasteiger charge is -2.08. The molecule has 0 spiro atoms. The Morgan fingerprint density at radius 1 is 0.211 bits per heavy atom. The van der Waals surface area contributed by atoms with E-state index in [2.05, 4.69) is 13.8 Å². The molecule has 0 atom stereocenters. The van der Waals surface area contributed by atoms with Gasteiger partial charge >= 0.3 is 0 Å². The molecule has 0 unspecified atom stereocenters. The lowest BCUT2D eigenvalue weighted by atomic mass is 10.1. The molecule has 0 aromatic rings. The van der Waals surface area contributed by atoms with Gasteiger partial charge in [-0.25, -0.2) is 0 Å². The highest BCUT2D eigenvalue weighted by atomic mass is 16.6. The third-order valence-corrected chi connectivity index (χ3v) is 6.27. The maximum atomic E-state index is 5.64. The predicted molar refractivity (Wildman–Crippen MR) is 156 cm³/mol. The summed E-state index contributed by atoms with van der Waals surface area (Å²) in [5, 5.41) is 0. The van der Waals surface area contributed by atoms with E-state index in [0.717, 1.165) is 26.1 Å². The maximum Gasteiger partial charge on any atom is 0.0701 e. The summed E-state index contributed by atoms with van der Waals surface area (Å²) in [4.78, 5) is 0. The molecule has 0 fully saturated rings. The van der Waals surface area contributed by atoms with Crippen LogP contribution in [0.25, 0.3) is 0 Å². The number of hydrogen-bond acceptors (Lipinski definition) is 7. The molecule has 230 valence electrons. The normalized spacial score (nSPS) is 11.5. The second-order valence-corrected chi connectivity index (χ2v) is 9.88. The highest BCUT2D eigenvalue weighted by molar-refractivity contribution is 4.47.